The van der Waals surface area contributed by atoms with Crippen LogP contribution in [-0.2, 0) is 6.42 Å². The van der Waals surface area contributed by atoms with Crippen molar-refractivity contribution in [3.8, 4) is 21.0 Å². The van der Waals surface area contributed by atoms with Crippen LogP contribution in [0.5, 0.6) is 0 Å². The maximum absolute atomic E-state index is 4.49. The first-order valence-corrected chi connectivity index (χ1v) is 10.5. The molecule has 0 aliphatic carbocycles. The highest BCUT2D eigenvalue weighted by Crippen LogP contribution is 2.37. The summed E-state index contributed by atoms with van der Waals surface area (Å²) in [6, 6.07) is 13.7. The Kier molecular flexibility index (Phi) is 4.14. The van der Waals surface area contributed by atoms with Gasteiger partial charge in [0.1, 0.15) is 5.69 Å². The van der Waals surface area contributed by atoms with Crippen molar-refractivity contribution in [2.24, 2.45) is 5.92 Å². The summed E-state index contributed by atoms with van der Waals surface area (Å²) < 4.78 is 2.13. The van der Waals surface area contributed by atoms with Gasteiger partial charge in [-0.1, -0.05) is 36.4 Å². The predicted octanol–water partition coefficient (Wildman–Crippen LogP) is 4.50. The molecule has 5 heteroatoms. The monoisotopic (exact) mass is 364 g/mol. The van der Waals surface area contributed by atoms with Crippen molar-refractivity contribution in [1.82, 2.24) is 19.9 Å². The zero-order chi connectivity index (χ0) is 17.5. The SMILES string of the molecule is CCc1cccc(-c2ccc(-c3cn(C4CN5CCC4CC5)nn3)s2)c1. The largest absolute Gasteiger partial charge is 0.301 e. The standard InChI is InChI=1S/C21H24N4S/c1-2-15-4-3-5-17(12-15)20-6-7-21(26-20)18-13-25(23-22-18)19-14-24-10-8-16(19)9-11-24/h3-7,12-13,16,19H,2,8-11,14H2,1H3. The summed E-state index contributed by atoms with van der Waals surface area (Å²) in [5, 5.41) is 8.98. The van der Waals surface area contributed by atoms with Crippen LogP contribution in [0.25, 0.3) is 21.0 Å². The third-order valence-corrected chi connectivity index (χ3v) is 7.11. The number of hydrogen-bond donors (Lipinski definition) is 0. The van der Waals surface area contributed by atoms with Gasteiger partial charge in [-0.25, -0.2) is 4.68 Å². The molecule has 3 aliphatic rings. The average molecular weight is 365 g/mol. The Bertz CT molecular complexity index is 904. The summed E-state index contributed by atoms with van der Waals surface area (Å²) in [5.74, 6) is 0.769. The number of benzene rings is 1. The van der Waals surface area contributed by atoms with Crippen LogP contribution in [-0.4, -0.2) is 39.5 Å². The predicted molar refractivity (Wildman–Crippen MR) is 106 cm³/mol. The van der Waals surface area contributed by atoms with Crippen LogP contribution >= 0.6 is 11.3 Å². The molecule has 5 heterocycles. The Morgan fingerprint density at radius 2 is 1.96 bits per heavy atom. The molecule has 3 aliphatic heterocycles. The summed E-state index contributed by atoms with van der Waals surface area (Å²) in [6.07, 6.45) is 5.83. The van der Waals surface area contributed by atoms with Crippen molar-refractivity contribution in [3.63, 3.8) is 0 Å². The number of aromatic nitrogens is 3. The highest BCUT2D eigenvalue weighted by molar-refractivity contribution is 7.18. The maximum Gasteiger partial charge on any atom is 0.123 e. The van der Waals surface area contributed by atoms with E-state index in [1.165, 1.54) is 46.8 Å². The normalized spacial score (nSPS) is 24.9. The van der Waals surface area contributed by atoms with Crippen molar-refractivity contribution in [2.45, 2.75) is 32.2 Å². The molecule has 3 fully saturated rings. The molecule has 134 valence electrons. The van der Waals surface area contributed by atoms with Gasteiger partial charge in [-0.3, -0.25) is 0 Å². The molecule has 26 heavy (non-hydrogen) atoms. The number of nitrogens with zero attached hydrogens (tertiary/aromatic N) is 4. The maximum atomic E-state index is 4.49. The molecule has 0 radical (unpaired) electrons. The summed E-state index contributed by atoms with van der Waals surface area (Å²) in [6.45, 7) is 5.85. The Morgan fingerprint density at radius 3 is 2.73 bits per heavy atom. The van der Waals surface area contributed by atoms with Crippen LogP contribution in [0, 0.1) is 5.92 Å². The summed E-state index contributed by atoms with van der Waals surface area (Å²) in [4.78, 5) is 5.07. The number of thiophene rings is 1. The molecular weight excluding hydrogens is 340 g/mol. The van der Waals surface area contributed by atoms with Crippen molar-refractivity contribution in [1.29, 1.82) is 0 Å². The Labute approximate surface area is 158 Å². The molecule has 0 amide bonds. The van der Waals surface area contributed by atoms with Gasteiger partial charge in [-0.05, 0) is 61.5 Å². The molecule has 3 aromatic rings. The molecular formula is C21H24N4S. The highest BCUT2D eigenvalue weighted by Gasteiger charge is 2.35. The molecule has 6 rings (SSSR count). The third kappa shape index (κ3) is 2.89. The lowest BCUT2D eigenvalue weighted by molar-refractivity contribution is 0.0504. The lowest BCUT2D eigenvalue weighted by Gasteiger charge is -2.44. The van der Waals surface area contributed by atoms with E-state index in [1.807, 2.05) is 11.3 Å². The summed E-state index contributed by atoms with van der Waals surface area (Å²) in [5.41, 5.74) is 3.68. The fraction of sp³-hybridized carbons (Fsp3) is 0.429. The van der Waals surface area contributed by atoms with Gasteiger partial charge in [-0.2, -0.15) is 0 Å². The molecule has 2 aromatic heterocycles. The number of aryl methyl sites for hydroxylation is 1. The van der Waals surface area contributed by atoms with Crippen LogP contribution in [0.15, 0.2) is 42.6 Å². The van der Waals surface area contributed by atoms with Crippen LogP contribution in [0.3, 0.4) is 0 Å². The van der Waals surface area contributed by atoms with E-state index in [4.69, 9.17) is 0 Å². The number of rotatable bonds is 4. The number of hydrogen-bond acceptors (Lipinski definition) is 4. The van der Waals surface area contributed by atoms with E-state index in [1.54, 1.807) is 0 Å². The second-order valence-electron chi connectivity index (χ2n) is 7.51. The van der Waals surface area contributed by atoms with E-state index >= 15 is 0 Å². The van der Waals surface area contributed by atoms with Gasteiger partial charge < -0.3 is 4.90 Å². The highest BCUT2D eigenvalue weighted by atomic mass is 32.1. The second kappa shape index (κ2) is 6.63. The Balaban J connectivity index is 1.39. The van der Waals surface area contributed by atoms with E-state index in [2.05, 4.69) is 69.4 Å². The molecule has 3 saturated heterocycles. The molecule has 0 spiro atoms. The van der Waals surface area contributed by atoms with E-state index in [0.29, 0.717) is 6.04 Å². The molecule has 4 nitrogen and oxygen atoms in total. The van der Waals surface area contributed by atoms with Crippen molar-refractivity contribution in [3.05, 3.63) is 48.2 Å². The quantitative estimate of drug-likeness (QED) is 0.683. The van der Waals surface area contributed by atoms with Crippen molar-refractivity contribution in [2.75, 3.05) is 19.6 Å². The van der Waals surface area contributed by atoms with Crippen LogP contribution in [0.4, 0.5) is 0 Å². The first-order valence-electron chi connectivity index (χ1n) is 9.64. The summed E-state index contributed by atoms with van der Waals surface area (Å²) in [7, 11) is 0. The fourth-order valence-corrected chi connectivity index (χ4v) is 5.31. The van der Waals surface area contributed by atoms with Gasteiger partial charge in [-0.15, -0.1) is 16.4 Å². The van der Waals surface area contributed by atoms with Gasteiger partial charge in [0, 0.05) is 11.4 Å². The van der Waals surface area contributed by atoms with Crippen LogP contribution in [0.1, 0.15) is 31.4 Å². The minimum absolute atomic E-state index is 0.499. The number of fused-ring (bicyclic) bond motifs is 3. The van der Waals surface area contributed by atoms with E-state index < -0.39 is 0 Å². The van der Waals surface area contributed by atoms with Crippen LogP contribution in [0.2, 0.25) is 0 Å². The first-order chi connectivity index (χ1) is 12.8. The lowest BCUT2D eigenvalue weighted by Crippen LogP contribution is -2.48. The van der Waals surface area contributed by atoms with Crippen molar-refractivity contribution < 1.29 is 0 Å². The smallest absolute Gasteiger partial charge is 0.123 e. The molecule has 2 bridgehead atoms. The molecule has 1 atom stereocenters. The van der Waals surface area contributed by atoms with E-state index in [-0.39, 0.29) is 0 Å². The van der Waals surface area contributed by atoms with E-state index in [0.717, 1.165) is 24.6 Å². The second-order valence-corrected chi connectivity index (χ2v) is 8.59. The first kappa shape index (κ1) is 16.2. The minimum atomic E-state index is 0.499. The minimum Gasteiger partial charge on any atom is -0.301 e. The van der Waals surface area contributed by atoms with Gasteiger partial charge in [0.2, 0.25) is 0 Å². The van der Waals surface area contributed by atoms with Crippen molar-refractivity contribution >= 4 is 11.3 Å². The third-order valence-electron chi connectivity index (χ3n) is 5.95. The van der Waals surface area contributed by atoms with Gasteiger partial charge in [0.15, 0.2) is 0 Å². The van der Waals surface area contributed by atoms with Gasteiger partial charge in [0.25, 0.3) is 0 Å². The van der Waals surface area contributed by atoms with Crippen LogP contribution < -0.4 is 0 Å². The average Bonchev–Trinajstić information content (AvgIpc) is 3.38. The van der Waals surface area contributed by atoms with E-state index in [9.17, 15) is 0 Å². The number of piperidine rings is 3. The summed E-state index contributed by atoms with van der Waals surface area (Å²) >= 11 is 1.81. The molecule has 1 unspecified atom stereocenters. The Morgan fingerprint density at radius 1 is 1.12 bits per heavy atom. The zero-order valence-corrected chi connectivity index (χ0v) is 16.0. The Hall–Kier alpha value is -1.98. The zero-order valence-electron chi connectivity index (χ0n) is 15.1. The van der Waals surface area contributed by atoms with Gasteiger partial charge >= 0.3 is 0 Å². The van der Waals surface area contributed by atoms with Gasteiger partial charge in [0.05, 0.1) is 17.1 Å². The molecule has 0 N–H and O–H groups in total. The lowest BCUT2D eigenvalue weighted by atomic mass is 9.84. The topological polar surface area (TPSA) is 34.0 Å². The fourth-order valence-electron chi connectivity index (χ4n) is 4.36. The molecule has 1 aromatic carbocycles. The molecule has 0 saturated carbocycles.